The molecule has 1 aliphatic heterocycles. The fraction of sp³-hybridized carbons (Fsp3) is 0.571. The number of hydrogen-bond acceptors (Lipinski definition) is 4. The van der Waals surface area contributed by atoms with Crippen molar-refractivity contribution >= 4 is 5.69 Å². The quantitative estimate of drug-likeness (QED) is 0.617. The smallest absolute Gasteiger partial charge is 0.273 e. The highest BCUT2D eigenvalue weighted by Crippen LogP contribution is 2.22. The van der Waals surface area contributed by atoms with Gasteiger partial charge in [0.2, 0.25) is 0 Å². The third-order valence-electron chi connectivity index (χ3n) is 3.92. The molecule has 1 aromatic rings. The minimum absolute atomic E-state index is 0.224. The molecule has 0 atom stereocenters. The van der Waals surface area contributed by atoms with Gasteiger partial charge in [0.05, 0.1) is 4.92 Å². The number of nitro benzene ring substituents is 1. The van der Waals surface area contributed by atoms with Crippen molar-refractivity contribution in [2.24, 2.45) is 0 Å². The zero-order chi connectivity index (χ0) is 13.8. The molecule has 2 rings (SSSR count). The van der Waals surface area contributed by atoms with Crippen LogP contribution in [0.5, 0.6) is 0 Å². The minimum atomic E-state index is -0.294. The molecular weight excluding hydrogens is 242 g/mol. The van der Waals surface area contributed by atoms with Gasteiger partial charge in [0.15, 0.2) is 0 Å². The van der Waals surface area contributed by atoms with Crippen molar-refractivity contribution in [3.05, 3.63) is 39.9 Å². The molecule has 5 heteroatoms. The predicted molar refractivity (Wildman–Crippen MR) is 75.1 cm³/mol. The van der Waals surface area contributed by atoms with E-state index in [4.69, 9.17) is 0 Å². The Morgan fingerprint density at radius 2 is 2.00 bits per heavy atom. The lowest BCUT2D eigenvalue weighted by molar-refractivity contribution is -0.385. The summed E-state index contributed by atoms with van der Waals surface area (Å²) in [6.07, 6.45) is 2.27. The van der Waals surface area contributed by atoms with Crippen LogP contribution in [-0.2, 0) is 6.54 Å². The average Bonchev–Trinajstić information content (AvgIpc) is 2.39. The van der Waals surface area contributed by atoms with Crippen LogP contribution in [0.3, 0.4) is 0 Å². The van der Waals surface area contributed by atoms with Crippen LogP contribution in [0.15, 0.2) is 24.3 Å². The lowest BCUT2D eigenvalue weighted by atomic mass is 10.0. The Hall–Kier alpha value is -1.46. The monoisotopic (exact) mass is 263 g/mol. The van der Waals surface area contributed by atoms with Crippen LogP contribution in [0.4, 0.5) is 5.69 Å². The normalized spacial score (nSPS) is 17.8. The molecule has 1 aliphatic rings. The van der Waals surface area contributed by atoms with Crippen molar-refractivity contribution in [2.45, 2.75) is 25.4 Å². The molecule has 0 aromatic heterocycles. The molecule has 0 N–H and O–H groups in total. The largest absolute Gasteiger partial charge is 0.306 e. The Bertz CT molecular complexity index is 442. The molecule has 1 fully saturated rings. The first-order valence-electron chi connectivity index (χ1n) is 6.69. The van der Waals surface area contributed by atoms with Crippen LogP contribution >= 0.6 is 0 Å². The highest BCUT2D eigenvalue weighted by Gasteiger charge is 2.22. The fourth-order valence-electron chi connectivity index (χ4n) is 2.66. The van der Waals surface area contributed by atoms with Gasteiger partial charge in [-0.2, -0.15) is 0 Å². The summed E-state index contributed by atoms with van der Waals surface area (Å²) >= 11 is 0. The van der Waals surface area contributed by atoms with E-state index in [1.165, 1.54) is 0 Å². The van der Waals surface area contributed by atoms with Crippen LogP contribution in [-0.4, -0.2) is 47.9 Å². The van der Waals surface area contributed by atoms with Crippen LogP contribution in [0.2, 0.25) is 0 Å². The number of rotatable bonds is 4. The zero-order valence-electron chi connectivity index (χ0n) is 11.6. The van der Waals surface area contributed by atoms with Crippen molar-refractivity contribution in [1.29, 1.82) is 0 Å². The van der Waals surface area contributed by atoms with E-state index in [1.54, 1.807) is 12.1 Å². The molecule has 0 amide bonds. The molecule has 0 aliphatic carbocycles. The van der Waals surface area contributed by atoms with E-state index >= 15 is 0 Å². The van der Waals surface area contributed by atoms with Gasteiger partial charge in [-0.05, 0) is 40.0 Å². The van der Waals surface area contributed by atoms with Gasteiger partial charge in [0, 0.05) is 24.2 Å². The number of nitro groups is 1. The molecule has 0 spiro atoms. The summed E-state index contributed by atoms with van der Waals surface area (Å²) in [5.74, 6) is 0. The Balaban J connectivity index is 2.02. The summed E-state index contributed by atoms with van der Waals surface area (Å²) in [4.78, 5) is 15.3. The first kappa shape index (κ1) is 14.0. The van der Waals surface area contributed by atoms with E-state index in [0.29, 0.717) is 12.6 Å². The van der Waals surface area contributed by atoms with Gasteiger partial charge in [0.1, 0.15) is 0 Å². The van der Waals surface area contributed by atoms with E-state index < -0.39 is 0 Å². The van der Waals surface area contributed by atoms with Crippen LogP contribution in [0.1, 0.15) is 18.4 Å². The second-order valence-electron chi connectivity index (χ2n) is 5.34. The molecule has 0 bridgehead atoms. The Morgan fingerprint density at radius 3 is 2.63 bits per heavy atom. The first-order valence-corrected chi connectivity index (χ1v) is 6.69. The van der Waals surface area contributed by atoms with E-state index in [0.717, 1.165) is 31.5 Å². The van der Waals surface area contributed by atoms with Gasteiger partial charge in [-0.3, -0.25) is 15.0 Å². The van der Waals surface area contributed by atoms with Crippen LogP contribution < -0.4 is 0 Å². The second kappa shape index (κ2) is 6.12. The third-order valence-corrected chi connectivity index (χ3v) is 3.92. The van der Waals surface area contributed by atoms with Gasteiger partial charge in [-0.25, -0.2) is 0 Å². The van der Waals surface area contributed by atoms with Crippen molar-refractivity contribution < 1.29 is 4.92 Å². The highest BCUT2D eigenvalue weighted by molar-refractivity contribution is 5.39. The summed E-state index contributed by atoms with van der Waals surface area (Å²) in [7, 11) is 4.20. The molecular formula is C14H21N3O2. The third kappa shape index (κ3) is 3.52. The molecule has 0 unspecified atom stereocenters. The molecule has 5 nitrogen and oxygen atoms in total. The van der Waals surface area contributed by atoms with E-state index in [1.807, 2.05) is 12.1 Å². The predicted octanol–water partition coefficient (Wildman–Crippen LogP) is 2.12. The van der Waals surface area contributed by atoms with Crippen molar-refractivity contribution in [3.8, 4) is 0 Å². The molecule has 0 saturated carbocycles. The Morgan fingerprint density at radius 1 is 1.37 bits per heavy atom. The number of hydrogen-bond donors (Lipinski definition) is 0. The fourth-order valence-corrected chi connectivity index (χ4v) is 2.66. The summed E-state index contributed by atoms with van der Waals surface area (Å²) in [6, 6.07) is 7.54. The summed E-state index contributed by atoms with van der Waals surface area (Å²) in [5, 5.41) is 11.0. The number of benzene rings is 1. The van der Waals surface area contributed by atoms with E-state index in [2.05, 4.69) is 23.9 Å². The van der Waals surface area contributed by atoms with Gasteiger partial charge in [-0.15, -0.1) is 0 Å². The van der Waals surface area contributed by atoms with Crippen LogP contribution in [0.25, 0.3) is 0 Å². The number of likely N-dealkylation sites (tertiary alicyclic amines) is 1. The minimum Gasteiger partial charge on any atom is -0.306 e. The maximum atomic E-state index is 11.0. The average molecular weight is 263 g/mol. The summed E-state index contributed by atoms with van der Waals surface area (Å²) in [6.45, 7) is 2.85. The first-order chi connectivity index (χ1) is 9.08. The Kier molecular flexibility index (Phi) is 4.50. The van der Waals surface area contributed by atoms with Gasteiger partial charge < -0.3 is 4.90 Å². The van der Waals surface area contributed by atoms with Crippen molar-refractivity contribution in [3.63, 3.8) is 0 Å². The number of nitrogens with zero attached hydrogens (tertiary/aromatic N) is 3. The maximum absolute atomic E-state index is 11.0. The number of piperidine rings is 1. The molecule has 0 radical (unpaired) electrons. The highest BCUT2D eigenvalue weighted by atomic mass is 16.6. The van der Waals surface area contributed by atoms with Crippen molar-refractivity contribution in [2.75, 3.05) is 27.2 Å². The van der Waals surface area contributed by atoms with Crippen molar-refractivity contribution in [1.82, 2.24) is 9.80 Å². The topological polar surface area (TPSA) is 49.6 Å². The van der Waals surface area contributed by atoms with E-state index in [9.17, 15) is 10.1 Å². The lowest BCUT2D eigenvalue weighted by Crippen LogP contribution is -2.41. The standard InChI is InChI=1S/C14H21N3O2/c1-15-9-7-13(8-10-15)16(2)11-12-5-3-4-6-14(12)17(18)19/h3-6,13H,7-11H2,1-2H3. The SMILES string of the molecule is CN1CCC(N(C)Cc2ccccc2[N+](=O)[O-])CC1. The van der Waals surface area contributed by atoms with Gasteiger partial charge in [0.25, 0.3) is 5.69 Å². The lowest BCUT2D eigenvalue weighted by Gasteiger charge is -2.35. The van der Waals surface area contributed by atoms with E-state index in [-0.39, 0.29) is 10.6 Å². The number of para-hydroxylation sites is 1. The molecule has 1 aromatic carbocycles. The molecule has 1 heterocycles. The zero-order valence-corrected chi connectivity index (χ0v) is 11.6. The van der Waals surface area contributed by atoms with Gasteiger partial charge in [-0.1, -0.05) is 18.2 Å². The molecule has 1 saturated heterocycles. The summed E-state index contributed by atoms with van der Waals surface area (Å²) < 4.78 is 0. The molecule has 104 valence electrons. The van der Waals surface area contributed by atoms with Crippen LogP contribution in [0, 0.1) is 10.1 Å². The molecule has 19 heavy (non-hydrogen) atoms. The Labute approximate surface area is 114 Å². The second-order valence-corrected chi connectivity index (χ2v) is 5.34. The maximum Gasteiger partial charge on any atom is 0.273 e. The van der Waals surface area contributed by atoms with Gasteiger partial charge >= 0.3 is 0 Å². The summed E-state index contributed by atoms with van der Waals surface area (Å²) in [5.41, 5.74) is 1.02.